The molecule has 0 saturated heterocycles. The van der Waals surface area contributed by atoms with Crippen LogP contribution in [0.25, 0.3) is 0 Å². The number of aliphatic carboxylic acids is 1. The Morgan fingerprint density at radius 1 is 1.62 bits per heavy atom. The summed E-state index contributed by atoms with van der Waals surface area (Å²) in [4.78, 5) is 10.3. The molecular formula is C13H23NO2. The second-order valence-corrected chi connectivity index (χ2v) is 5.00. The monoisotopic (exact) mass is 225 g/mol. The average Bonchev–Trinajstić information content (AvgIpc) is 2.15. The quantitative estimate of drug-likeness (QED) is 0.539. The maximum atomic E-state index is 10.3. The molecule has 0 bridgehead atoms. The van der Waals surface area contributed by atoms with E-state index in [0.717, 1.165) is 25.4 Å². The number of allylic oxidation sites excluding steroid dienone is 2. The molecular weight excluding hydrogens is 202 g/mol. The van der Waals surface area contributed by atoms with Gasteiger partial charge in [0.1, 0.15) is 0 Å². The van der Waals surface area contributed by atoms with Crippen molar-refractivity contribution in [3.8, 4) is 0 Å². The molecule has 1 rings (SSSR count). The summed E-state index contributed by atoms with van der Waals surface area (Å²) in [5.41, 5.74) is 1.50. The van der Waals surface area contributed by atoms with E-state index in [1.165, 1.54) is 18.4 Å². The minimum absolute atomic E-state index is 0.271. The molecule has 0 amide bonds. The minimum Gasteiger partial charge on any atom is -0.481 e. The lowest BCUT2D eigenvalue weighted by molar-refractivity contribution is -0.137. The van der Waals surface area contributed by atoms with Crippen LogP contribution in [0.5, 0.6) is 0 Å². The Balaban J connectivity index is 2.10. The van der Waals surface area contributed by atoms with Gasteiger partial charge in [-0.3, -0.25) is 4.79 Å². The van der Waals surface area contributed by atoms with Crippen molar-refractivity contribution < 1.29 is 9.90 Å². The van der Waals surface area contributed by atoms with E-state index in [1.54, 1.807) is 0 Å². The van der Waals surface area contributed by atoms with Gasteiger partial charge in [-0.1, -0.05) is 18.6 Å². The first-order chi connectivity index (χ1) is 7.58. The zero-order chi connectivity index (χ0) is 12.0. The first kappa shape index (κ1) is 13.2. The second kappa shape index (κ2) is 6.69. The van der Waals surface area contributed by atoms with Crippen molar-refractivity contribution in [1.82, 2.24) is 5.32 Å². The summed E-state index contributed by atoms with van der Waals surface area (Å²) in [6, 6.07) is 0. The van der Waals surface area contributed by atoms with Crippen LogP contribution >= 0.6 is 0 Å². The standard InChI is InChI=1S/C13H23NO2/c1-10-6-11(2)8-12(7-10)9-14-5-3-4-13(15)16/h6,10,12,14H,3-5,7-9H2,1-2H3,(H,15,16). The van der Waals surface area contributed by atoms with Crippen molar-refractivity contribution in [1.29, 1.82) is 0 Å². The number of rotatable bonds is 6. The Morgan fingerprint density at radius 3 is 3.00 bits per heavy atom. The molecule has 3 heteroatoms. The first-order valence-corrected chi connectivity index (χ1v) is 6.17. The number of nitrogens with one attached hydrogen (secondary N) is 1. The van der Waals surface area contributed by atoms with Crippen LogP contribution in [0.3, 0.4) is 0 Å². The van der Waals surface area contributed by atoms with Crippen LogP contribution in [0.15, 0.2) is 11.6 Å². The maximum absolute atomic E-state index is 10.3. The van der Waals surface area contributed by atoms with Gasteiger partial charge >= 0.3 is 5.97 Å². The molecule has 0 radical (unpaired) electrons. The van der Waals surface area contributed by atoms with Gasteiger partial charge in [0.05, 0.1) is 0 Å². The highest BCUT2D eigenvalue weighted by atomic mass is 16.4. The van der Waals surface area contributed by atoms with Crippen molar-refractivity contribution in [3.63, 3.8) is 0 Å². The lowest BCUT2D eigenvalue weighted by Crippen LogP contribution is -2.27. The zero-order valence-electron chi connectivity index (χ0n) is 10.3. The highest BCUT2D eigenvalue weighted by molar-refractivity contribution is 5.66. The largest absolute Gasteiger partial charge is 0.481 e. The molecule has 0 aromatic heterocycles. The van der Waals surface area contributed by atoms with Gasteiger partial charge in [0.25, 0.3) is 0 Å². The lowest BCUT2D eigenvalue weighted by Gasteiger charge is -2.25. The smallest absolute Gasteiger partial charge is 0.303 e. The summed E-state index contributed by atoms with van der Waals surface area (Å²) >= 11 is 0. The van der Waals surface area contributed by atoms with E-state index in [9.17, 15) is 4.79 Å². The Morgan fingerprint density at radius 2 is 2.38 bits per heavy atom. The Labute approximate surface area is 97.9 Å². The molecule has 0 fully saturated rings. The molecule has 92 valence electrons. The number of hydrogen-bond acceptors (Lipinski definition) is 2. The maximum Gasteiger partial charge on any atom is 0.303 e. The molecule has 0 heterocycles. The van der Waals surface area contributed by atoms with E-state index in [4.69, 9.17) is 5.11 Å². The lowest BCUT2D eigenvalue weighted by atomic mass is 9.84. The third-order valence-corrected chi connectivity index (χ3v) is 3.06. The molecule has 0 aromatic rings. The molecule has 16 heavy (non-hydrogen) atoms. The van der Waals surface area contributed by atoms with E-state index >= 15 is 0 Å². The van der Waals surface area contributed by atoms with Crippen molar-refractivity contribution in [2.24, 2.45) is 11.8 Å². The molecule has 0 aromatic carbocycles. The van der Waals surface area contributed by atoms with E-state index < -0.39 is 5.97 Å². The van der Waals surface area contributed by atoms with Gasteiger partial charge in [0, 0.05) is 6.42 Å². The first-order valence-electron chi connectivity index (χ1n) is 6.17. The Bertz CT molecular complexity index is 261. The van der Waals surface area contributed by atoms with Gasteiger partial charge in [-0.05, 0) is 51.1 Å². The zero-order valence-corrected chi connectivity index (χ0v) is 10.3. The molecule has 2 N–H and O–H groups in total. The third kappa shape index (κ3) is 5.31. The molecule has 0 aliphatic heterocycles. The normalized spacial score (nSPS) is 25.2. The molecule has 2 unspecified atom stereocenters. The summed E-state index contributed by atoms with van der Waals surface area (Å²) in [5.74, 6) is 0.719. The molecule has 3 nitrogen and oxygen atoms in total. The third-order valence-electron chi connectivity index (χ3n) is 3.06. The van der Waals surface area contributed by atoms with Gasteiger partial charge in [0.15, 0.2) is 0 Å². The number of hydrogen-bond donors (Lipinski definition) is 2. The van der Waals surface area contributed by atoms with Gasteiger partial charge in [-0.2, -0.15) is 0 Å². The molecule has 1 aliphatic rings. The van der Waals surface area contributed by atoms with Crippen LogP contribution in [0, 0.1) is 11.8 Å². The fraction of sp³-hybridized carbons (Fsp3) is 0.769. The summed E-state index contributed by atoms with van der Waals surface area (Å²) in [6.07, 6.45) is 5.81. The highest BCUT2D eigenvalue weighted by Gasteiger charge is 2.17. The average molecular weight is 225 g/mol. The van der Waals surface area contributed by atoms with Gasteiger partial charge in [-0.25, -0.2) is 0 Å². The topological polar surface area (TPSA) is 49.3 Å². The summed E-state index contributed by atoms with van der Waals surface area (Å²) in [7, 11) is 0. The summed E-state index contributed by atoms with van der Waals surface area (Å²) in [6.45, 7) is 6.31. The van der Waals surface area contributed by atoms with Crippen LogP contribution in [0.1, 0.15) is 39.5 Å². The number of carboxylic acid groups (broad SMARTS) is 1. The van der Waals surface area contributed by atoms with Crippen LogP contribution in [-0.4, -0.2) is 24.2 Å². The molecule has 0 saturated carbocycles. The summed E-state index contributed by atoms with van der Waals surface area (Å²) in [5, 5.41) is 11.9. The van der Waals surface area contributed by atoms with Crippen LogP contribution < -0.4 is 5.32 Å². The van der Waals surface area contributed by atoms with Gasteiger partial charge in [-0.15, -0.1) is 0 Å². The van der Waals surface area contributed by atoms with E-state index in [2.05, 4.69) is 25.2 Å². The molecule has 2 atom stereocenters. The van der Waals surface area contributed by atoms with Gasteiger partial charge < -0.3 is 10.4 Å². The Kier molecular flexibility index (Phi) is 5.53. The predicted octanol–water partition coefficient (Wildman–Crippen LogP) is 2.43. The van der Waals surface area contributed by atoms with E-state index in [0.29, 0.717) is 5.92 Å². The fourth-order valence-corrected chi connectivity index (χ4v) is 2.51. The van der Waals surface area contributed by atoms with Crippen LogP contribution in [0.2, 0.25) is 0 Å². The van der Waals surface area contributed by atoms with Crippen molar-refractivity contribution >= 4 is 5.97 Å². The molecule has 1 aliphatic carbocycles. The predicted molar refractivity (Wildman–Crippen MR) is 65.4 cm³/mol. The number of carboxylic acids is 1. The SMILES string of the molecule is CC1=CC(C)CC(CNCCCC(=O)O)C1. The van der Waals surface area contributed by atoms with Crippen molar-refractivity contribution in [3.05, 3.63) is 11.6 Å². The van der Waals surface area contributed by atoms with Crippen LogP contribution in [-0.2, 0) is 4.79 Å². The van der Waals surface area contributed by atoms with Gasteiger partial charge in [0.2, 0.25) is 0 Å². The van der Waals surface area contributed by atoms with E-state index in [-0.39, 0.29) is 6.42 Å². The van der Waals surface area contributed by atoms with Crippen molar-refractivity contribution in [2.75, 3.05) is 13.1 Å². The minimum atomic E-state index is -0.702. The Hall–Kier alpha value is -0.830. The number of carbonyl (C=O) groups is 1. The summed E-state index contributed by atoms with van der Waals surface area (Å²) < 4.78 is 0. The van der Waals surface area contributed by atoms with Crippen molar-refractivity contribution in [2.45, 2.75) is 39.5 Å². The fourth-order valence-electron chi connectivity index (χ4n) is 2.51. The second-order valence-electron chi connectivity index (χ2n) is 5.00. The van der Waals surface area contributed by atoms with Crippen LogP contribution in [0.4, 0.5) is 0 Å². The molecule has 0 spiro atoms. The van der Waals surface area contributed by atoms with E-state index in [1.807, 2.05) is 0 Å². The highest BCUT2D eigenvalue weighted by Crippen LogP contribution is 2.27.